The summed E-state index contributed by atoms with van der Waals surface area (Å²) in [5, 5.41) is 3.13. The fourth-order valence-corrected chi connectivity index (χ4v) is 3.46. The molecular formula is C19H27N3O. The molecule has 124 valence electrons. The van der Waals surface area contributed by atoms with Crippen molar-refractivity contribution in [1.82, 2.24) is 4.90 Å². The number of nitrogens with zero attached hydrogens (tertiary/aromatic N) is 2. The van der Waals surface area contributed by atoms with Crippen molar-refractivity contribution in [2.45, 2.75) is 26.2 Å². The average molecular weight is 313 g/mol. The van der Waals surface area contributed by atoms with Crippen LogP contribution in [0.15, 0.2) is 36.4 Å². The highest BCUT2D eigenvalue weighted by atomic mass is 16.1. The van der Waals surface area contributed by atoms with Gasteiger partial charge in [-0.25, -0.2) is 0 Å². The van der Waals surface area contributed by atoms with E-state index in [0.717, 1.165) is 56.9 Å². The van der Waals surface area contributed by atoms with Crippen LogP contribution in [-0.2, 0) is 4.79 Å². The van der Waals surface area contributed by atoms with Gasteiger partial charge in [0, 0.05) is 32.6 Å². The van der Waals surface area contributed by atoms with Gasteiger partial charge in [-0.2, -0.15) is 0 Å². The standard InChI is InChI=1S/C19H27N3O/c1-2-21-11-13-22(14-12-21)18-10-6-5-9-17(18)20-19(23)15-16-7-3-4-8-16/h3,5-7,9-10,16H,2,4,8,11-15H2,1H3,(H,20,23). The molecule has 1 fully saturated rings. The number of piperazine rings is 1. The molecule has 1 saturated heterocycles. The third kappa shape index (κ3) is 4.14. The Labute approximate surface area is 139 Å². The first-order valence-electron chi connectivity index (χ1n) is 8.79. The van der Waals surface area contributed by atoms with Crippen molar-refractivity contribution in [1.29, 1.82) is 0 Å². The molecule has 1 heterocycles. The third-order valence-corrected chi connectivity index (χ3v) is 4.90. The SMILES string of the molecule is CCN1CCN(c2ccccc2NC(=O)CC2C=CCC2)CC1. The summed E-state index contributed by atoms with van der Waals surface area (Å²) < 4.78 is 0. The number of rotatable bonds is 5. The molecule has 1 N–H and O–H groups in total. The Morgan fingerprint density at radius 3 is 2.70 bits per heavy atom. The Hall–Kier alpha value is -1.81. The zero-order chi connectivity index (χ0) is 16.1. The highest BCUT2D eigenvalue weighted by Crippen LogP contribution is 2.28. The molecule has 1 unspecified atom stereocenters. The van der Waals surface area contributed by atoms with E-state index in [1.807, 2.05) is 12.1 Å². The van der Waals surface area contributed by atoms with Crippen molar-refractivity contribution in [3.63, 3.8) is 0 Å². The van der Waals surface area contributed by atoms with Crippen LogP contribution in [0.2, 0.25) is 0 Å². The normalized spacial score (nSPS) is 21.6. The summed E-state index contributed by atoms with van der Waals surface area (Å²) in [6, 6.07) is 8.18. The number of hydrogen-bond acceptors (Lipinski definition) is 3. The van der Waals surface area contributed by atoms with Gasteiger partial charge in [0.25, 0.3) is 0 Å². The van der Waals surface area contributed by atoms with Gasteiger partial charge in [0.15, 0.2) is 0 Å². The summed E-state index contributed by atoms with van der Waals surface area (Å²) in [5.74, 6) is 0.538. The van der Waals surface area contributed by atoms with E-state index in [1.165, 1.54) is 0 Å². The van der Waals surface area contributed by atoms with Crippen LogP contribution in [0.25, 0.3) is 0 Å². The number of amides is 1. The molecule has 0 saturated carbocycles. The van der Waals surface area contributed by atoms with Crippen LogP contribution >= 0.6 is 0 Å². The van der Waals surface area contributed by atoms with E-state index in [9.17, 15) is 4.79 Å². The molecule has 0 radical (unpaired) electrons. The Balaban J connectivity index is 1.63. The van der Waals surface area contributed by atoms with Gasteiger partial charge >= 0.3 is 0 Å². The van der Waals surface area contributed by atoms with E-state index in [-0.39, 0.29) is 5.91 Å². The quantitative estimate of drug-likeness (QED) is 0.848. The van der Waals surface area contributed by atoms with Crippen LogP contribution in [0.1, 0.15) is 26.2 Å². The van der Waals surface area contributed by atoms with Crippen molar-refractivity contribution < 1.29 is 4.79 Å². The number of nitrogens with one attached hydrogen (secondary N) is 1. The maximum Gasteiger partial charge on any atom is 0.225 e. The molecule has 1 aliphatic carbocycles. The zero-order valence-electron chi connectivity index (χ0n) is 14.0. The molecule has 1 aromatic carbocycles. The first-order valence-corrected chi connectivity index (χ1v) is 8.79. The van der Waals surface area contributed by atoms with Crippen molar-refractivity contribution in [3.8, 4) is 0 Å². The summed E-state index contributed by atoms with van der Waals surface area (Å²) in [6.07, 6.45) is 7.16. The van der Waals surface area contributed by atoms with Gasteiger partial charge in [-0.1, -0.05) is 31.2 Å². The van der Waals surface area contributed by atoms with Gasteiger partial charge in [0.2, 0.25) is 5.91 Å². The summed E-state index contributed by atoms with van der Waals surface area (Å²) in [5.41, 5.74) is 2.10. The van der Waals surface area contributed by atoms with Gasteiger partial charge in [0.05, 0.1) is 11.4 Å². The van der Waals surface area contributed by atoms with Gasteiger partial charge < -0.3 is 15.1 Å². The van der Waals surface area contributed by atoms with Crippen molar-refractivity contribution >= 4 is 17.3 Å². The van der Waals surface area contributed by atoms with Gasteiger partial charge in [-0.15, -0.1) is 0 Å². The van der Waals surface area contributed by atoms with Crippen LogP contribution in [0, 0.1) is 5.92 Å². The highest BCUT2D eigenvalue weighted by molar-refractivity contribution is 5.94. The largest absolute Gasteiger partial charge is 0.367 e. The van der Waals surface area contributed by atoms with Crippen LogP contribution in [0.3, 0.4) is 0 Å². The molecular weight excluding hydrogens is 286 g/mol. The molecule has 1 atom stereocenters. The Morgan fingerprint density at radius 1 is 1.22 bits per heavy atom. The van der Waals surface area contributed by atoms with E-state index in [2.05, 4.69) is 46.3 Å². The number of carbonyl (C=O) groups is 1. The number of likely N-dealkylation sites (N-methyl/N-ethyl adjacent to an activating group) is 1. The summed E-state index contributed by atoms with van der Waals surface area (Å²) in [7, 11) is 0. The maximum atomic E-state index is 12.3. The highest BCUT2D eigenvalue weighted by Gasteiger charge is 2.19. The van der Waals surface area contributed by atoms with Crippen molar-refractivity contribution in [3.05, 3.63) is 36.4 Å². The lowest BCUT2D eigenvalue weighted by Crippen LogP contribution is -2.46. The minimum absolute atomic E-state index is 0.126. The molecule has 4 nitrogen and oxygen atoms in total. The smallest absolute Gasteiger partial charge is 0.225 e. The minimum Gasteiger partial charge on any atom is -0.367 e. The summed E-state index contributed by atoms with van der Waals surface area (Å²) in [4.78, 5) is 17.2. The van der Waals surface area contributed by atoms with Crippen LogP contribution < -0.4 is 10.2 Å². The second-order valence-corrected chi connectivity index (χ2v) is 6.46. The topological polar surface area (TPSA) is 35.6 Å². The number of allylic oxidation sites excluding steroid dienone is 2. The van der Waals surface area contributed by atoms with Crippen LogP contribution in [0.5, 0.6) is 0 Å². The number of carbonyl (C=O) groups excluding carboxylic acids is 1. The Kier molecular flexibility index (Phi) is 5.34. The fraction of sp³-hybridized carbons (Fsp3) is 0.526. The second-order valence-electron chi connectivity index (χ2n) is 6.46. The molecule has 0 spiro atoms. The Bertz CT molecular complexity index is 561. The van der Waals surface area contributed by atoms with Crippen LogP contribution in [0.4, 0.5) is 11.4 Å². The summed E-state index contributed by atoms with van der Waals surface area (Å²) in [6.45, 7) is 7.54. The van der Waals surface area contributed by atoms with Gasteiger partial charge in [-0.3, -0.25) is 4.79 Å². The first-order chi connectivity index (χ1) is 11.3. The Morgan fingerprint density at radius 2 is 2.00 bits per heavy atom. The summed E-state index contributed by atoms with van der Waals surface area (Å²) >= 11 is 0. The molecule has 23 heavy (non-hydrogen) atoms. The molecule has 3 rings (SSSR count). The average Bonchev–Trinajstić information content (AvgIpc) is 3.08. The van der Waals surface area contributed by atoms with E-state index < -0.39 is 0 Å². The van der Waals surface area contributed by atoms with Crippen molar-refractivity contribution in [2.24, 2.45) is 5.92 Å². The number of hydrogen-bond donors (Lipinski definition) is 1. The fourth-order valence-electron chi connectivity index (χ4n) is 3.46. The lowest BCUT2D eigenvalue weighted by molar-refractivity contribution is -0.116. The molecule has 1 aliphatic heterocycles. The number of anilines is 2. The predicted molar refractivity (Wildman–Crippen MR) is 95.9 cm³/mol. The molecule has 2 aliphatic rings. The molecule has 0 bridgehead atoms. The third-order valence-electron chi connectivity index (χ3n) is 4.90. The van der Waals surface area contributed by atoms with E-state index >= 15 is 0 Å². The van der Waals surface area contributed by atoms with E-state index in [4.69, 9.17) is 0 Å². The van der Waals surface area contributed by atoms with E-state index in [0.29, 0.717) is 12.3 Å². The maximum absolute atomic E-state index is 12.3. The molecule has 4 heteroatoms. The number of benzene rings is 1. The molecule has 1 aromatic rings. The van der Waals surface area contributed by atoms with E-state index in [1.54, 1.807) is 0 Å². The lowest BCUT2D eigenvalue weighted by Gasteiger charge is -2.36. The molecule has 1 amide bonds. The van der Waals surface area contributed by atoms with Crippen molar-refractivity contribution in [2.75, 3.05) is 42.9 Å². The monoisotopic (exact) mass is 313 g/mol. The van der Waals surface area contributed by atoms with Gasteiger partial charge in [0.1, 0.15) is 0 Å². The molecule has 0 aromatic heterocycles. The zero-order valence-corrected chi connectivity index (χ0v) is 14.0. The minimum atomic E-state index is 0.126. The van der Waals surface area contributed by atoms with Crippen LogP contribution in [-0.4, -0.2) is 43.5 Å². The lowest BCUT2D eigenvalue weighted by atomic mass is 10.0. The first kappa shape index (κ1) is 16.1. The number of para-hydroxylation sites is 2. The van der Waals surface area contributed by atoms with Gasteiger partial charge in [-0.05, 0) is 37.4 Å². The predicted octanol–water partition coefficient (Wildman–Crippen LogP) is 3.12. The second kappa shape index (κ2) is 7.64.